The number of hydrogen-bond acceptors (Lipinski definition) is 4. The minimum absolute atomic E-state index is 0.00460. The highest BCUT2D eigenvalue weighted by molar-refractivity contribution is 5.96. The molecular weight excluding hydrogens is 160 g/mol. The van der Waals surface area contributed by atoms with Gasteiger partial charge in [0.1, 0.15) is 0 Å². The van der Waals surface area contributed by atoms with Crippen molar-refractivity contribution in [3.63, 3.8) is 0 Å². The van der Waals surface area contributed by atoms with Gasteiger partial charge in [0.25, 0.3) is 0 Å². The molecule has 0 rings (SSSR count). The minimum Gasteiger partial charge on any atom is -0.394 e. The summed E-state index contributed by atoms with van der Waals surface area (Å²) in [4.78, 5) is 21.2. The van der Waals surface area contributed by atoms with Crippen LogP contribution in [0.25, 0.3) is 0 Å². The van der Waals surface area contributed by atoms with Crippen LogP contribution in [0.15, 0.2) is 0 Å². The lowest BCUT2D eigenvalue weighted by Gasteiger charge is -2.07. The molecule has 0 aromatic heterocycles. The molecule has 12 heavy (non-hydrogen) atoms. The quantitative estimate of drug-likeness (QED) is 0.543. The van der Waals surface area contributed by atoms with Gasteiger partial charge in [-0.1, -0.05) is 6.92 Å². The number of ether oxygens (including phenoxy) is 1. The van der Waals surface area contributed by atoms with Gasteiger partial charge in [0.2, 0.25) is 6.29 Å². The van der Waals surface area contributed by atoms with Crippen LogP contribution in [0.3, 0.4) is 0 Å². The van der Waals surface area contributed by atoms with E-state index in [-0.39, 0.29) is 19.0 Å². The van der Waals surface area contributed by atoms with Gasteiger partial charge in [0.15, 0.2) is 11.9 Å². The number of carbonyl (C=O) groups excluding carboxylic acids is 2. The van der Waals surface area contributed by atoms with E-state index in [1.807, 2.05) is 6.92 Å². The fraction of sp³-hybridized carbons (Fsp3) is 0.750. The lowest BCUT2D eigenvalue weighted by Crippen LogP contribution is -2.26. The van der Waals surface area contributed by atoms with E-state index in [9.17, 15) is 9.59 Å². The van der Waals surface area contributed by atoms with Crippen molar-refractivity contribution in [2.24, 2.45) is 0 Å². The molecule has 1 radical (unpaired) electrons. The van der Waals surface area contributed by atoms with Crippen LogP contribution in [0.2, 0.25) is 0 Å². The van der Waals surface area contributed by atoms with E-state index in [2.05, 4.69) is 0 Å². The third kappa shape index (κ3) is 4.20. The first-order valence-electron chi connectivity index (χ1n) is 3.89. The predicted octanol–water partition coefficient (Wildman–Crippen LogP) is -0.157. The Labute approximate surface area is 71.5 Å². The maximum absolute atomic E-state index is 11.0. The molecule has 0 aromatic rings. The Morgan fingerprint density at radius 2 is 2.33 bits per heavy atom. The van der Waals surface area contributed by atoms with Gasteiger partial charge in [-0.25, -0.2) is 0 Å². The fourth-order valence-corrected chi connectivity index (χ4v) is 0.741. The zero-order valence-electron chi connectivity index (χ0n) is 7.08. The Hall–Kier alpha value is -0.740. The second kappa shape index (κ2) is 6.94. The van der Waals surface area contributed by atoms with Gasteiger partial charge < -0.3 is 9.84 Å². The fourth-order valence-electron chi connectivity index (χ4n) is 0.741. The molecule has 0 saturated carbocycles. The van der Waals surface area contributed by atoms with Crippen LogP contribution in [-0.4, -0.2) is 36.5 Å². The van der Waals surface area contributed by atoms with Crippen molar-refractivity contribution < 1.29 is 19.4 Å². The molecule has 0 aromatic carbocycles. The lowest BCUT2D eigenvalue weighted by molar-refractivity contribution is -0.127. The second-order valence-corrected chi connectivity index (χ2v) is 2.31. The maximum atomic E-state index is 11.0. The van der Waals surface area contributed by atoms with Crippen LogP contribution >= 0.6 is 0 Å². The van der Waals surface area contributed by atoms with Crippen molar-refractivity contribution in [3.05, 3.63) is 0 Å². The van der Waals surface area contributed by atoms with Gasteiger partial charge in [0.05, 0.1) is 13.2 Å². The van der Waals surface area contributed by atoms with Crippen molar-refractivity contribution in [2.45, 2.75) is 25.9 Å². The molecule has 1 N–H and O–H groups in total. The van der Waals surface area contributed by atoms with Gasteiger partial charge in [-0.3, -0.25) is 9.59 Å². The molecule has 0 aliphatic rings. The molecular formula is C8H13O4. The van der Waals surface area contributed by atoms with E-state index in [1.165, 1.54) is 6.29 Å². The molecule has 1 atom stereocenters. The summed E-state index contributed by atoms with van der Waals surface area (Å²) in [5, 5.41) is 8.36. The summed E-state index contributed by atoms with van der Waals surface area (Å²) < 4.78 is 4.73. The topological polar surface area (TPSA) is 63.6 Å². The Morgan fingerprint density at radius 3 is 2.75 bits per heavy atom. The number of aliphatic hydroxyl groups excluding tert-OH is 1. The Kier molecular flexibility index (Phi) is 6.51. The van der Waals surface area contributed by atoms with Gasteiger partial charge in [-0.2, -0.15) is 0 Å². The zero-order valence-corrected chi connectivity index (χ0v) is 7.08. The summed E-state index contributed by atoms with van der Waals surface area (Å²) >= 11 is 0. The molecule has 4 nitrogen and oxygen atoms in total. The predicted molar refractivity (Wildman–Crippen MR) is 42.4 cm³/mol. The van der Waals surface area contributed by atoms with Crippen molar-refractivity contribution in [1.82, 2.24) is 0 Å². The van der Waals surface area contributed by atoms with E-state index in [1.54, 1.807) is 0 Å². The molecule has 0 amide bonds. The molecule has 0 fully saturated rings. The van der Waals surface area contributed by atoms with Gasteiger partial charge in [-0.15, -0.1) is 0 Å². The molecule has 0 heterocycles. The normalized spacial score (nSPS) is 12.5. The van der Waals surface area contributed by atoms with Crippen LogP contribution in [0.4, 0.5) is 0 Å². The van der Waals surface area contributed by atoms with Gasteiger partial charge in [-0.05, 0) is 6.42 Å². The van der Waals surface area contributed by atoms with E-state index in [0.717, 1.165) is 0 Å². The average Bonchev–Trinajstić information content (AvgIpc) is 2.06. The molecule has 0 spiro atoms. The molecule has 0 aliphatic carbocycles. The van der Waals surface area contributed by atoms with E-state index >= 15 is 0 Å². The number of Topliss-reactive ketones (excluding diaryl/α,β-unsaturated/α-hetero) is 1. The Bertz CT molecular complexity index is 144. The first kappa shape index (κ1) is 11.3. The summed E-state index contributed by atoms with van der Waals surface area (Å²) in [6, 6.07) is 0. The molecule has 69 valence electrons. The number of aliphatic hydroxyl groups is 1. The van der Waals surface area contributed by atoms with Crippen molar-refractivity contribution in [2.75, 3.05) is 13.2 Å². The zero-order chi connectivity index (χ0) is 9.40. The Morgan fingerprint density at radius 1 is 1.67 bits per heavy atom. The summed E-state index contributed by atoms with van der Waals surface area (Å²) in [5.41, 5.74) is 0. The van der Waals surface area contributed by atoms with Gasteiger partial charge in [0, 0.05) is 6.42 Å². The third-order valence-corrected chi connectivity index (χ3v) is 1.27. The smallest absolute Gasteiger partial charge is 0.237 e. The van der Waals surface area contributed by atoms with Gasteiger partial charge >= 0.3 is 0 Å². The standard InChI is InChI=1S/C8H13O4/c1-2-3-7(11)8(6-10)12-5-4-9/h8-9H,2-5H2,1H3. The van der Waals surface area contributed by atoms with E-state index in [4.69, 9.17) is 9.84 Å². The Balaban J connectivity index is 3.79. The summed E-state index contributed by atoms with van der Waals surface area (Å²) in [7, 11) is 0. The second-order valence-electron chi connectivity index (χ2n) is 2.31. The molecule has 4 heteroatoms. The van der Waals surface area contributed by atoms with Crippen LogP contribution in [0.5, 0.6) is 0 Å². The first-order chi connectivity index (χ1) is 5.76. The number of ketones is 1. The van der Waals surface area contributed by atoms with Crippen molar-refractivity contribution in [3.8, 4) is 0 Å². The van der Waals surface area contributed by atoms with Crippen molar-refractivity contribution in [1.29, 1.82) is 0 Å². The summed E-state index contributed by atoms with van der Waals surface area (Å²) in [6.45, 7) is 1.64. The van der Waals surface area contributed by atoms with Crippen LogP contribution < -0.4 is 0 Å². The largest absolute Gasteiger partial charge is 0.394 e. The van der Waals surface area contributed by atoms with Crippen molar-refractivity contribution >= 4 is 12.1 Å². The molecule has 1 unspecified atom stereocenters. The van der Waals surface area contributed by atoms with Crippen LogP contribution in [0.1, 0.15) is 19.8 Å². The highest BCUT2D eigenvalue weighted by Crippen LogP contribution is 1.97. The summed E-state index contributed by atoms with van der Waals surface area (Å²) in [5.74, 6) is -0.277. The third-order valence-electron chi connectivity index (χ3n) is 1.27. The summed E-state index contributed by atoms with van der Waals surface area (Å²) in [6.07, 6.45) is 1.37. The number of hydrogen-bond donors (Lipinski definition) is 1. The monoisotopic (exact) mass is 173 g/mol. The highest BCUT2D eigenvalue weighted by atomic mass is 16.5. The SMILES string of the molecule is CCCC(=O)C([C]=O)OCCO. The molecule has 0 bridgehead atoms. The van der Waals surface area contributed by atoms with Crippen LogP contribution in [0, 0.1) is 0 Å². The van der Waals surface area contributed by atoms with E-state index < -0.39 is 6.10 Å². The van der Waals surface area contributed by atoms with E-state index in [0.29, 0.717) is 12.8 Å². The maximum Gasteiger partial charge on any atom is 0.237 e. The number of rotatable bonds is 7. The first-order valence-corrected chi connectivity index (χ1v) is 3.89. The van der Waals surface area contributed by atoms with Crippen LogP contribution in [-0.2, 0) is 14.3 Å². The molecule has 0 aliphatic heterocycles. The highest BCUT2D eigenvalue weighted by Gasteiger charge is 2.17. The number of carbonyl (C=O) groups is 1. The average molecular weight is 173 g/mol. The minimum atomic E-state index is -1.11. The lowest BCUT2D eigenvalue weighted by atomic mass is 10.1. The molecule has 0 saturated heterocycles.